The lowest BCUT2D eigenvalue weighted by molar-refractivity contribution is -0.171. The Balaban J connectivity index is -0.000000253. The van der Waals surface area contributed by atoms with Gasteiger partial charge in [0.15, 0.2) is 0 Å². The summed E-state index contributed by atoms with van der Waals surface area (Å²) in [5, 5.41) is 47.3. The summed E-state index contributed by atoms with van der Waals surface area (Å²) in [7, 11) is 0. The SMILES string of the molecule is C=C(C)C(=O)O.C=C(C)C(=O)O.C=C(C)C(=O)O.C=C(C)C(=O)O.C=C(C)C(=O)O.C=C(C)C(=O)O.C=C(C)C(=O)OCC(COCC(COC(=O)C(=C)C)(COC(=O)C(=C)C)COC(=O)C(=C)C)(COC(=O)C(=C)C)COC(=O)C(=C)C. The van der Waals surface area contributed by atoms with E-state index in [4.69, 9.17) is 63.8 Å². The molecule has 0 aliphatic rings. The van der Waals surface area contributed by atoms with Crippen molar-refractivity contribution in [3.63, 3.8) is 0 Å². The Hall–Kier alpha value is -9.52. The van der Waals surface area contributed by atoms with Crippen LogP contribution in [0.25, 0.3) is 0 Å². The largest absolute Gasteiger partial charge is 0.478 e. The van der Waals surface area contributed by atoms with Crippen molar-refractivity contribution >= 4 is 71.6 Å². The lowest BCUT2D eigenvalue weighted by Gasteiger charge is -2.35. The lowest BCUT2D eigenvalue weighted by atomic mass is 9.90. The number of carboxylic acids is 6. The van der Waals surface area contributed by atoms with Gasteiger partial charge in [0.05, 0.1) is 24.0 Å². The highest BCUT2D eigenvalue weighted by atomic mass is 16.6. The van der Waals surface area contributed by atoms with Crippen LogP contribution in [0.5, 0.6) is 0 Å². The van der Waals surface area contributed by atoms with Crippen LogP contribution in [-0.4, -0.2) is 155 Å². The molecule has 0 aliphatic carbocycles. The van der Waals surface area contributed by atoms with Gasteiger partial charge in [-0.2, -0.15) is 0 Å². The van der Waals surface area contributed by atoms with Gasteiger partial charge >= 0.3 is 71.6 Å². The van der Waals surface area contributed by atoms with Crippen molar-refractivity contribution in [1.82, 2.24) is 0 Å². The highest BCUT2D eigenvalue weighted by molar-refractivity contribution is 5.90. The van der Waals surface area contributed by atoms with Crippen LogP contribution in [0.4, 0.5) is 0 Å². The smallest absolute Gasteiger partial charge is 0.333 e. The van der Waals surface area contributed by atoms with Gasteiger partial charge in [0, 0.05) is 66.9 Å². The Morgan fingerprint density at radius 3 is 0.398 bits per heavy atom. The Morgan fingerprint density at radius 2 is 0.325 bits per heavy atom. The second kappa shape index (κ2) is 46.3. The Bertz CT molecular complexity index is 2010. The Labute approximate surface area is 484 Å². The molecule has 0 atom stereocenters. The van der Waals surface area contributed by atoms with Crippen LogP contribution in [0, 0.1) is 10.8 Å². The van der Waals surface area contributed by atoms with Crippen molar-refractivity contribution in [3.05, 3.63) is 146 Å². The molecule has 0 fully saturated rings. The quantitative estimate of drug-likeness (QED) is 0.0250. The summed E-state index contributed by atoms with van der Waals surface area (Å²) >= 11 is 0. The number of esters is 6. The summed E-state index contributed by atoms with van der Waals surface area (Å²) in [6.07, 6.45) is 0. The van der Waals surface area contributed by atoms with Crippen LogP contribution in [0.1, 0.15) is 83.1 Å². The van der Waals surface area contributed by atoms with E-state index < -0.39 is 135 Å². The van der Waals surface area contributed by atoms with Crippen LogP contribution in [0.3, 0.4) is 0 Å². The zero-order valence-electron chi connectivity index (χ0n) is 49.6. The third kappa shape index (κ3) is 52.9. The summed E-state index contributed by atoms with van der Waals surface area (Å²) < 4.78 is 38.3. The van der Waals surface area contributed by atoms with E-state index in [2.05, 4.69) is 78.9 Å². The number of ether oxygens (including phenoxy) is 7. The molecule has 0 radical (unpaired) electrons. The van der Waals surface area contributed by atoms with Crippen molar-refractivity contribution in [1.29, 1.82) is 0 Å². The van der Waals surface area contributed by atoms with Crippen molar-refractivity contribution in [2.75, 3.05) is 52.9 Å². The average molecular weight is 1180 g/mol. The second-order valence-electron chi connectivity index (χ2n) is 18.1. The van der Waals surface area contributed by atoms with E-state index in [-0.39, 0.29) is 66.9 Å². The monoisotopic (exact) mass is 1180 g/mol. The minimum atomic E-state index is -1.52. The molecule has 0 bridgehead atoms. The minimum absolute atomic E-state index is 0.0645. The molecule has 0 amide bonds. The first kappa shape index (κ1) is 87.3. The van der Waals surface area contributed by atoms with Crippen molar-refractivity contribution in [2.24, 2.45) is 10.8 Å². The van der Waals surface area contributed by atoms with Crippen LogP contribution >= 0.6 is 0 Å². The number of carbonyl (C=O) groups excluding carboxylic acids is 6. The van der Waals surface area contributed by atoms with Gasteiger partial charge in [-0.25, -0.2) is 57.5 Å². The van der Waals surface area contributed by atoms with Crippen LogP contribution < -0.4 is 0 Å². The van der Waals surface area contributed by atoms with E-state index in [0.717, 1.165) is 0 Å². The Kier molecular flexibility index (Phi) is 48.7. The van der Waals surface area contributed by atoms with Gasteiger partial charge in [0.25, 0.3) is 0 Å². The van der Waals surface area contributed by atoms with Gasteiger partial charge in [-0.05, 0) is 83.1 Å². The molecule has 0 saturated heterocycles. The molecule has 25 heteroatoms. The van der Waals surface area contributed by atoms with E-state index in [1.165, 1.54) is 83.1 Å². The van der Waals surface area contributed by atoms with Gasteiger partial charge in [0.1, 0.15) is 39.6 Å². The minimum Gasteiger partial charge on any atom is -0.478 e. The first-order valence-corrected chi connectivity index (χ1v) is 23.4. The summed E-state index contributed by atoms with van der Waals surface area (Å²) in [4.78, 5) is 132. The van der Waals surface area contributed by atoms with Crippen molar-refractivity contribution < 1.29 is 121 Å². The summed E-state index contributed by atoms with van der Waals surface area (Å²) in [6, 6.07) is 0. The number of carbonyl (C=O) groups is 12. The molecule has 464 valence electrons. The molecule has 0 heterocycles. The van der Waals surface area contributed by atoms with E-state index in [0.29, 0.717) is 0 Å². The van der Waals surface area contributed by atoms with Gasteiger partial charge < -0.3 is 63.8 Å². The predicted molar refractivity (Wildman–Crippen MR) is 305 cm³/mol. The van der Waals surface area contributed by atoms with Gasteiger partial charge in [-0.3, -0.25) is 0 Å². The van der Waals surface area contributed by atoms with E-state index >= 15 is 0 Å². The third-order valence-electron chi connectivity index (χ3n) is 8.15. The van der Waals surface area contributed by atoms with Crippen LogP contribution in [0.2, 0.25) is 0 Å². The molecule has 0 unspecified atom stereocenters. The molecule has 6 N–H and O–H groups in total. The highest BCUT2D eigenvalue weighted by Gasteiger charge is 2.41. The molecule has 0 aromatic heterocycles. The first-order valence-electron chi connectivity index (χ1n) is 23.4. The van der Waals surface area contributed by atoms with Crippen molar-refractivity contribution in [3.8, 4) is 0 Å². The standard InChI is InChI=1S/C34H46O13.6C4H6O2/c1-21(2)27(35)42-15-33(16-43-28(36)22(3)4,17-44-29(37)23(5)6)13-41-14-34(18-45-30(38)24(7)8,19-46-31(39)25(9)10)20-47-32(40)26(11)12;6*1-3(2)4(5)6/h1,3,5,7,9,11,13-20H2,2,4,6,8,10,12H3;6*1H2,2H3,(H,5,6). The molecule has 0 saturated carbocycles. The fraction of sp³-hybridized carbons (Fsp3) is 0.379. The summed E-state index contributed by atoms with van der Waals surface area (Å²) in [5.74, 6) is -10.3. The number of rotatable bonds is 28. The van der Waals surface area contributed by atoms with Crippen LogP contribution in [-0.2, 0) is 90.7 Å². The molecule has 0 aliphatic heterocycles. The van der Waals surface area contributed by atoms with Crippen molar-refractivity contribution in [2.45, 2.75) is 83.1 Å². The molecular weight excluding hydrogens is 1100 g/mol. The molecular formula is C58H82O25. The zero-order valence-corrected chi connectivity index (χ0v) is 49.6. The molecule has 83 heavy (non-hydrogen) atoms. The lowest BCUT2D eigenvalue weighted by Crippen LogP contribution is -2.47. The number of hydrogen-bond donors (Lipinski definition) is 6. The average Bonchev–Trinajstić information content (AvgIpc) is 3.36. The molecule has 0 aromatic rings. The van der Waals surface area contributed by atoms with E-state index in [9.17, 15) is 57.5 Å². The predicted octanol–water partition coefficient (Wildman–Crippen LogP) is 7.57. The summed E-state index contributed by atoms with van der Waals surface area (Å²) in [5.41, 5.74) is -1.60. The fourth-order valence-electron chi connectivity index (χ4n) is 3.04. The van der Waals surface area contributed by atoms with E-state index in [1.807, 2.05) is 0 Å². The topological polar surface area (TPSA) is 391 Å². The van der Waals surface area contributed by atoms with Crippen LogP contribution in [0.15, 0.2) is 146 Å². The van der Waals surface area contributed by atoms with Gasteiger partial charge in [-0.15, -0.1) is 0 Å². The Morgan fingerprint density at radius 1 is 0.229 bits per heavy atom. The fourth-order valence-corrected chi connectivity index (χ4v) is 3.04. The molecule has 0 spiro atoms. The molecule has 0 aromatic carbocycles. The maximum Gasteiger partial charge on any atom is 0.333 e. The van der Waals surface area contributed by atoms with Gasteiger partial charge in [0.2, 0.25) is 0 Å². The maximum absolute atomic E-state index is 12.4. The summed E-state index contributed by atoms with van der Waals surface area (Å²) in [6.45, 7) is 53.6. The number of aliphatic carboxylic acids is 6. The molecule has 25 nitrogen and oxygen atoms in total. The van der Waals surface area contributed by atoms with E-state index in [1.54, 1.807) is 0 Å². The normalized spacial score (nSPS) is 9.40. The highest BCUT2D eigenvalue weighted by Crippen LogP contribution is 2.27. The third-order valence-corrected chi connectivity index (χ3v) is 8.15. The molecule has 0 rings (SSSR count). The second-order valence-corrected chi connectivity index (χ2v) is 18.1. The number of hydrogen-bond acceptors (Lipinski definition) is 19. The first-order chi connectivity index (χ1) is 37.5. The number of carboxylic acid groups (broad SMARTS) is 6. The zero-order chi connectivity index (χ0) is 67.5. The van der Waals surface area contributed by atoms with Gasteiger partial charge in [-0.1, -0.05) is 78.9 Å². The maximum atomic E-state index is 12.4.